The van der Waals surface area contributed by atoms with Gasteiger partial charge < -0.3 is 4.74 Å². The molecule has 0 aromatic heterocycles. The van der Waals surface area contributed by atoms with Gasteiger partial charge in [0.1, 0.15) is 0 Å². The maximum absolute atomic E-state index is 14.2. The molecule has 2 aromatic carbocycles. The molecular formula is C25H29F5O. The Labute approximate surface area is 180 Å². The first-order valence-electron chi connectivity index (χ1n) is 11.0. The zero-order valence-corrected chi connectivity index (χ0v) is 17.8. The summed E-state index contributed by atoms with van der Waals surface area (Å²) in [6.07, 6.45) is 6.05. The van der Waals surface area contributed by atoms with Crippen LogP contribution in [0.15, 0.2) is 36.4 Å². The fraction of sp³-hybridized carbons (Fsp3) is 0.520. The molecule has 0 amide bonds. The molecule has 0 spiro atoms. The molecule has 0 saturated heterocycles. The molecule has 170 valence electrons. The molecule has 0 heterocycles. The highest BCUT2D eigenvalue weighted by molar-refractivity contribution is 5.65. The number of hydrogen-bond acceptors (Lipinski definition) is 1. The number of rotatable bonds is 8. The van der Waals surface area contributed by atoms with Crippen molar-refractivity contribution in [2.45, 2.75) is 76.3 Å². The molecule has 0 unspecified atom stereocenters. The summed E-state index contributed by atoms with van der Waals surface area (Å²) in [6, 6.07) is 9.79. The van der Waals surface area contributed by atoms with Crippen molar-refractivity contribution < 1.29 is 26.7 Å². The van der Waals surface area contributed by atoms with Crippen LogP contribution >= 0.6 is 0 Å². The van der Waals surface area contributed by atoms with Crippen molar-refractivity contribution in [3.05, 3.63) is 53.6 Å². The summed E-state index contributed by atoms with van der Waals surface area (Å²) in [5.41, 5.74) is 2.31. The molecule has 2 aromatic rings. The van der Waals surface area contributed by atoms with Crippen LogP contribution in [0.25, 0.3) is 11.1 Å². The van der Waals surface area contributed by atoms with Gasteiger partial charge in [-0.05, 0) is 53.5 Å². The second-order valence-corrected chi connectivity index (χ2v) is 8.55. The van der Waals surface area contributed by atoms with Crippen molar-refractivity contribution in [1.82, 2.24) is 0 Å². The van der Waals surface area contributed by atoms with Gasteiger partial charge in [-0.3, -0.25) is 0 Å². The molecule has 3 rings (SSSR count). The lowest BCUT2D eigenvalue weighted by Gasteiger charge is -2.38. The standard InChI is InChI=1S/C25H29F5O/c1-2-3-5-12-24(13-6-4-7-14-24)20-10-8-18(9-11-20)19-15-21(26)23(22(27)16-19)31-17-25(28,29)30/h8-11,15-16H,2-7,12-14,17H2,1H3. The Morgan fingerprint density at radius 1 is 0.871 bits per heavy atom. The highest BCUT2D eigenvalue weighted by atomic mass is 19.4. The zero-order valence-electron chi connectivity index (χ0n) is 17.8. The van der Waals surface area contributed by atoms with E-state index in [1.54, 1.807) is 0 Å². The van der Waals surface area contributed by atoms with Gasteiger partial charge in [0.05, 0.1) is 0 Å². The molecule has 1 aliphatic carbocycles. The smallest absolute Gasteiger partial charge is 0.422 e. The molecule has 0 radical (unpaired) electrons. The third kappa shape index (κ3) is 5.98. The number of hydrogen-bond donors (Lipinski definition) is 0. The van der Waals surface area contributed by atoms with E-state index in [-0.39, 0.29) is 11.0 Å². The second kappa shape index (κ2) is 10.0. The van der Waals surface area contributed by atoms with Gasteiger partial charge in [0.25, 0.3) is 0 Å². The number of unbranched alkanes of at least 4 members (excludes halogenated alkanes) is 2. The number of ether oxygens (including phenoxy) is 1. The van der Waals surface area contributed by atoms with Crippen LogP contribution in [-0.4, -0.2) is 12.8 Å². The Kier molecular flexibility index (Phi) is 7.60. The van der Waals surface area contributed by atoms with Crippen molar-refractivity contribution in [2.75, 3.05) is 6.61 Å². The SMILES string of the molecule is CCCCCC1(c2ccc(-c3cc(F)c(OCC(F)(F)F)c(F)c3)cc2)CCCCC1. The average molecular weight is 440 g/mol. The van der Waals surface area contributed by atoms with Gasteiger partial charge in [-0.2, -0.15) is 13.2 Å². The van der Waals surface area contributed by atoms with Crippen LogP contribution in [0.1, 0.15) is 70.3 Å². The largest absolute Gasteiger partial charge is 0.478 e. The molecule has 0 N–H and O–H groups in total. The fourth-order valence-corrected chi connectivity index (χ4v) is 4.66. The first-order chi connectivity index (χ1) is 14.7. The van der Waals surface area contributed by atoms with Crippen LogP contribution in [-0.2, 0) is 5.41 Å². The van der Waals surface area contributed by atoms with Gasteiger partial charge in [0, 0.05) is 0 Å². The van der Waals surface area contributed by atoms with Crippen molar-refractivity contribution in [3.8, 4) is 16.9 Å². The van der Waals surface area contributed by atoms with E-state index in [4.69, 9.17) is 0 Å². The maximum atomic E-state index is 14.2. The Morgan fingerprint density at radius 3 is 2.03 bits per heavy atom. The summed E-state index contributed by atoms with van der Waals surface area (Å²) in [4.78, 5) is 0. The second-order valence-electron chi connectivity index (χ2n) is 8.55. The van der Waals surface area contributed by atoms with Gasteiger partial charge in [0.15, 0.2) is 24.0 Å². The average Bonchev–Trinajstić information content (AvgIpc) is 2.73. The molecular weight excluding hydrogens is 411 g/mol. The summed E-state index contributed by atoms with van der Waals surface area (Å²) in [7, 11) is 0. The van der Waals surface area contributed by atoms with Gasteiger partial charge in [-0.1, -0.05) is 69.7 Å². The minimum absolute atomic E-state index is 0.164. The fourth-order valence-electron chi connectivity index (χ4n) is 4.66. The van der Waals surface area contributed by atoms with Gasteiger partial charge >= 0.3 is 6.18 Å². The van der Waals surface area contributed by atoms with Crippen LogP contribution in [0.4, 0.5) is 22.0 Å². The Morgan fingerprint density at radius 2 is 1.48 bits per heavy atom. The summed E-state index contributed by atoms with van der Waals surface area (Å²) in [5, 5.41) is 0. The number of halogens is 5. The van der Waals surface area contributed by atoms with Crippen LogP contribution in [0.2, 0.25) is 0 Å². The molecule has 0 bridgehead atoms. The van der Waals surface area contributed by atoms with Gasteiger partial charge in [-0.25, -0.2) is 8.78 Å². The lowest BCUT2D eigenvalue weighted by Crippen LogP contribution is -2.29. The van der Waals surface area contributed by atoms with E-state index in [0.29, 0.717) is 5.56 Å². The van der Waals surface area contributed by atoms with Crippen molar-refractivity contribution in [2.24, 2.45) is 0 Å². The van der Waals surface area contributed by atoms with E-state index in [2.05, 4.69) is 11.7 Å². The normalized spacial score (nSPS) is 16.3. The van der Waals surface area contributed by atoms with E-state index in [0.717, 1.165) is 31.4 Å². The van der Waals surface area contributed by atoms with Gasteiger partial charge in [0.2, 0.25) is 0 Å². The quantitative estimate of drug-likeness (QED) is 0.296. The predicted octanol–water partition coefficient (Wildman–Crippen LogP) is 8.36. The monoisotopic (exact) mass is 440 g/mol. The highest BCUT2D eigenvalue weighted by Gasteiger charge is 2.33. The lowest BCUT2D eigenvalue weighted by atomic mass is 9.66. The summed E-state index contributed by atoms with van der Waals surface area (Å²) < 4.78 is 69.7. The highest BCUT2D eigenvalue weighted by Crippen LogP contribution is 2.44. The van der Waals surface area contributed by atoms with Crippen LogP contribution in [0.3, 0.4) is 0 Å². The van der Waals surface area contributed by atoms with Crippen molar-refractivity contribution in [1.29, 1.82) is 0 Å². The van der Waals surface area contributed by atoms with E-state index in [9.17, 15) is 22.0 Å². The number of benzene rings is 2. The van der Waals surface area contributed by atoms with E-state index in [1.807, 2.05) is 24.3 Å². The maximum Gasteiger partial charge on any atom is 0.422 e. The minimum Gasteiger partial charge on any atom is -0.478 e. The first kappa shape index (κ1) is 23.6. The Balaban J connectivity index is 1.81. The lowest BCUT2D eigenvalue weighted by molar-refractivity contribution is -0.154. The molecule has 31 heavy (non-hydrogen) atoms. The van der Waals surface area contributed by atoms with E-state index >= 15 is 0 Å². The molecule has 0 aliphatic heterocycles. The zero-order chi connectivity index (χ0) is 22.5. The van der Waals surface area contributed by atoms with Crippen molar-refractivity contribution >= 4 is 0 Å². The summed E-state index contributed by atoms with van der Waals surface area (Å²) >= 11 is 0. The van der Waals surface area contributed by atoms with Crippen molar-refractivity contribution in [3.63, 3.8) is 0 Å². The molecule has 0 atom stereocenters. The number of alkyl halides is 3. The summed E-state index contributed by atoms with van der Waals surface area (Å²) in [6.45, 7) is 0.453. The third-order valence-electron chi connectivity index (χ3n) is 6.28. The topological polar surface area (TPSA) is 9.23 Å². The van der Waals surface area contributed by atoms with Gasteiger partial charge in [-0.15, -0.1) is 0 Å². The van der Waals surface area contributed by atoms with Crippen LogP contribution in [0.5, 0.6) is 5.75 Å². The van der Waals surface area contributed by atoms with E-state index < -0.39 is 30.2 Å². The molecule has 1 saturated carbocycles. The minimum atomic E-state index is -4.67. The third-order valence-corrected chi connectivity index (χ3v) is 6.28. The van der Waals surface area contributed by atoms with Crippen LogP contribution in [0, 0.1) is 11.6 Å². The predicted molar refractivity (Wildman–Crippen MR) is 112 cm³/mol. The first-order valence-corrected chi connectivity index (χ1v) is 11.0. The summed E-state index contributed by atoms with van der Waals surface area (Å²) in [5.74, 6) is -3.30. The molecule has 1 aliphatic rings. The molecule has 1 nitrogen and oxygen atoms in total. The Bertz CT molecular complexity index is 828. The van der Waals surface area contributed by atoms with Crippen LogP contribution < -0.4 is 4.74 Å². The van der Waals surface area contributed by atoms with E-state index in [1.165, 1.54) is 44.1 Å². The Hall–Kier alpha value is -2.11. The molecule has 6 heteroatoms. The molecule has 1 fully saturated rings.